The van der Waals surface area contributed by atoms with Crippen molar-refractivity contribution in [2.24, 2.45) is 5.73 Å². The molecule has 4 N–H and O–H groups in total. The summed E-state index contributed by atoms with van der Waals surface area (Å²) in [6.07, 6.45) is -1.39. The highest BCUT2D eigenvalue weighted by Crippen LogP contribution is 2.29. The van der Waals surface area contributed by atoms with Crippen LogP contribution in [0.15, 0.2) is 24.3 Å². The first-order chi connectivity index (χ1) is 7.11. The molecule has 2 atom stereocenters. The zero-order valence-corrected chi connectivity index (χ0v) is 8.81. The number of aliphatic hydroxyl groups excluding tert-OH is 2. The zero-order chi connectivity index (χ0) is 11.0. The van der Waals surface area contributed by atoms with Crippen molar-refractivity contribution in [3.63, 3.8) is 0 Å². The quantitative estimate of drug-likeness (QED) is 0.545. The molecular weight excluding hydrogens is 212 g/mol. The van der Waals surface area contributed by atoms with E-state index in [4.69, 9.17) is 18.0 Å². The van der Waals surface area contributed by atoms with E-state index in [0.717, 1.165) is 11.1 Å². The molecule has 4 nitrogen and oxygen atoms in total. The Balaban J connectivity index is 2.42. The smallest absolute Gasteiger partial charge is 0.170 e. The second-order valence-corrected chi connectivity index (χ2v) is 3.92. The number of benzene rings is 1. The van der Waals surface area contributed by atoms with Crippen LogP contribution in [-0.2, 0) is 6.42 Å². The van der Waals surface area contributed by atoms with Crippen LogP contribution in [0, 0.1) is 0 Å². The van der Waals surface area contributed by atoms with Gasteiger partial charge in [-0.3, -0.25) is 4.90 Å². The fraction of sp³-hybridized carbons (Fsp3) is 0.300. The lowest BCUT2D eigenvalue weighted by molar-refractivity contribution is -0.0659. The fourth-order valence-corrected chi connectivity index (χ4v) is 2.07. The molecule has 0 amide bonds. The Kier molecular flexibility index (Phi) is 2.60. The van der Waals surface area contributed by atoms with Crippen LogP contribution in [-0.4, -0.2) is 26.5 Å². The Labute approximate surface area is 92.9 Å². The minimum atomic E-state index is -0.956. The highest BCUT2D eigenvalue weighted by atomic mass is 32.1. The summed E-state index contributed by atoms with van der Waals surface area (Å²) >= 11 is 4.78. The molecule has 0 saturated heterocycles. The molecule has 80 valence electrons. The van der Waals surface area contributed by atoms with Crippen LogP contribution in [0.1, 0.15) is 17.4 Å². The number of rotatable bonds is 0. The largest absolute Gasteiger partial charge is 0.376 e. The summed E-state index contributed by atoms with van der Waals surface area (Å²) in [5, 5.41) is 19.7. The van der Waals surface area contributed by atoms with E-state index >= 15 is 0 Å². The number of thiocarbonyl (C=S) groups is 1. The van der Waals surface area contributed by atoms with Gasteiger partial charge in [-0.25, -0.2) is 0 Å². The summed E-state index contributed by atoms with van der Waals surface area (Å²) in [6, 6.07) is 7.38. The minimum absolute atomic E-state index is 0.00417. The summed E-state index contributed by atoms with van der Waals surface area (Å²) in [5.74, 6) is 0. The normalized spacial score (nSPS) is 24.8. The molecule has 1 aromatic rings. The lowest BCUT2D eigenvalue weighted by Gasteiger charge is -2.38. The van der Waals surface area contributed by atoms with Gasteiger partial charge >= 0.3 is 0 Å². The molecule has 2 unspecified atom stereocenters. The van der Waals surface area contributed by atoms with Gasteiger partial charge in [-0.05, 0) is 17.8 Å². The van der Waals surface area contributed by atoms with Gasteiger partial charge in [0.2, 0.25) is 0 Å². The topological polar surface area (TPSA) is 69.7 Å². The van der Waals surface area contributed by atoms with E-state index in [-0.39, 0.29) is 5.11 Å². The molecule has 5 heteroatoms. The van der Waals surface area contributed by atoms with E-state index in [2.05, 4.69) is 0 Å². The van der Waals surface area contributed by atoms with Gasteiger partial charge in [0.1, 0.15) is 6.23 Å². The molecule has 1 aliphatic rings. The lowest BCUT2D eigenvalue weighted by Crippen LogP contribution is -2.49. The molecule has 1 aromatic carbocycles. The van der Waals surface area contributed by atoms with E-state index in [0.29, 0.717) is 6.42 Å². The SMILES string of the molecule is NC(=S)N1C(O)Cc2ccccc2C1O. The average molecular weight is 224 g/mol. The fourth-order valence-electron chi connectivity index (χ4n) is 1.85. The van der Waals surface area contributed by atoms with Crippen LogP contribution in [0.3, 0.4) is 0 Å². The molecule has 15 heavy (non-hydrogen) atoms. The second kappa shape index (κ2) is 3.77. The Morgan fingerprint density at radius 2 is 2.07 bits per heavy atom. The maximum Gasteiger partial charge on any atom is 0.170 e. The first kappa shape index (κ1) is 10.4. The predicted octanol–water partition coefficient (Wildman–Crippen LogP) is 0.0976. The van der Waals surface area contributed by atoms with Crippen LogP contribution in [0.4, 0.5) is 0 Å². The maximum atomic E-state index is 9.96. The molecule has 0 aliphatic carbocycles. The number of nitrogens with two attached hydrogens (primary N) is 1. The third kappa shape index (κ3) is 1.69. The third-order valence-electron chi connectivity index (χ3n) is 2.57. The van der Waals surface area contributed by atoms with Gasteiger partial charge < -0.3 is 15.9 Å². The Bertz CT molecular complexity index is 397. The molecule has 0 bridgehead atoms. The maximum absolute atomic E-state index is 9.96. The van der Waals surface area contributed by atoms with Crippen molar-refractivity contribution >= 4 is 17.3 Å². The van der Waals surface area contributed by atoms with Gasteiger partial charge in [0, 0.05) is 12.0 Å². The third-order valence-corrected chi connectivity index (χ3v) is 2.79. The van der Waals surface area contributed by atoms with Gasteiger partial charge in [-0.15, -0.1) is 0 Å². The van der Waals surface area contributed by atoms with Gasteiger partial charge in [-0.2, -0.15) is 0 Å². The van der Waals surface area contributed by atoms with Crippen molar-refractivity contribution in [2.75, 3.05) is 0 Å². The van der Waals surface area contributed by atoms with E-state index in [1.807, 2.05) is 18.2 Å². The van der Waals surface area contributed by atoms with Crippen molar-refractivity contribution in [3.05, 3.63) is 35.4 Å². The molecule has 1 heterocycles. The summed E-state index contributed by atoms with van der Waals surface area (Å²) in [6.45, 7) is 0. The second-order valence-electron chi connectivity index (χ2n) is 3.50. The van der Waals surface area contributed by atoms with E-state index in [1.54, 1.807) is 6.07 Å². The summed E-state index contributed by atoms with van der Waals surface area (Å²) in [5.41, 5.74) is 7.11. The van der Waals surface area contributed by atoms with Crippen molar-refractivity contribution in [1.82, 2.24) is 4.90 Å². The van der Waals surface area contributed by atoms with Crippen LogP contribution in [0.5, 0.6) is 0 Å². The number of hydrogen-bond acceptors (Lipinski definition) is 3. The van der Waals surface area contributed by atoms with Crippen LogP contribution in [0.25, 0.3) is 0 Å². The van der Waals surface area contributed by atoms with Crippen molar-refractivity contribution in [2.45, 2.75) is 18.9 Å². The van der Waals surface area contributed by atoms with Crippen LogP contribution >= 0.6 is 12.2 Å². The number of hydrogen-bond donors (Lipinski definition) is 3. The highest BCUT2D eigenvalue weighted by Gasteiger charge is 2.32. The monoisotopic (exact) mass is 224 g/mol. The van der Waals surface area contributed by atoms with E-state index in [1.165, 1.54) is 4.90 Å². The molecule has 0 aromatic heterocycles. The number of aliphatic hydroxyl groups is 2. The zero-order valence-electron chi connectivity index (χ0n) is 8.00. The molecule has 0 radical (unpaired) electrons. The summed E-state index contributed by atoms with van der Waals surface area (Å²) in [4.78, 5) is 1.23. The Hall–Kier alpha value is -1.17. The average Bonchev–Trinajstić information content (AvgIpc) is 2.17. The molecular formula is C10H12N2O2S. The van der Waals surface area contributed by atoms with Gasteiger partial charge in [0.15, 0.2) is 11.3 Å². The van der Waals surface area contributed by atoms with Crippen LogP contribution in [0.2, 0.25) is 0 Å². The molecule has 0 saturated carbocycles. The number of fused-ring (bicyclic) bond motifs is 1. The van der Waals surface area contributed by atoms with Crippen molar-refractivity contribution < 1.29 is 10.2 Å². The lowest BCUT2D eigenvalue weighted by atomic mass is 9.97. The molecule has 1 aliphatic heterocycles. The molecule has 0 spiro atoms. The van der Waals surface area contributed by atoms with Crippen molar-refractivity contribution in [3.8, 4) is 0 Å². The molecule has 0 fully saturated rings. The first-order valence-electron chi connectivity index (χ1n) is 4.63. The number of nitrogens with zero attached hydrogens (tertiary/aromatic N) is 1. The van der Waals surface area contributed by atoms with Gasteiger partial charge in [0.05, 0.1) is 0 Å². The van der Waals surface area contributed by atoms with E-state index < -0.39 is 12.5 Å². The predicted molar refractivity (Wildman–Crippen MR) is 59.7 cm³/mol. The minimum Gasteiger partial charge on any atom is -0.376 e. The summed E-state index contributed by atoms with van der Waals surface area (Å²) in [7, 11) is 0. The molecule has 2 rings (SSSR count). The van der Waals surface area contributed by atoms with Gasteiger partial charge in [0.25, 0.3) is 0 Å². The standard InChI is InChI=1S/C10H12N2O2S/c11-10(15)12-8(13)5-6-3-1-2-4-7(6)9(12)14/h1-4,8-9,13-14H,5H2,(H2,11,15). The summed E-state index contributed by atoms with van der Waals surface area (Å²) < 4.78 is 0. The highest BCUT2D eigenvalue weighted by molar-refractivity contribution is 7.80. The van der Waals surface area contributed by atoms with Crippen molar-refractivity contribution in [1.29, 1.82) is 0 Å². The van der Waals surface area contributed by atoms with Gasteiger partial charge in [-0.1, -0.05) is 24.3 Å². The first-order valence-corrected chi connectivity index (χ1v) is 5.04. The van der Waals surface area contributed by atoms with E-state index in [9.17, 15) is 10.2 Å². The Morgan fingerprint density at radius 1 is 1.40 bits per heavy atom. The van der Waals surface area contributed by atoms with Crippen LogP contribution < -0.4 is 5.73 Å². The Morgan fingerprint density at radius 3 is 2.73 bits per heavy atom.